The summed E-state index contributed by atoms with van der Waals surface area (Å²) in [5.74, 6) is -2.19. The highest BCUT2D eigenvalue weighted by Crippen LogP contribution is 2.47. The summed E-state index contributed by atoms with van der Waals surface area (Å²) in [7, 11) is 1.30. The fourth-order valence-corrected chi connectivity index (χ4v) is 7.42. The van der Waals surface area contributed by atoms with Gasteiger partial charge in [-0.1, -0.05) is 5.16 Å². The number of fused-ring (bicyclic) bond motifs is 4. The Hall–Kier alpha value is -2.68. The topological polar surface area (TPSA) is 150 Å². The number of hydrogen-bond donors (Lipinski definition) is 3. The number of nitrogen functional groups attached to an aromatic ring is 1. The molecule has 4 N–H and O–H groups in total. The Kier molecular flexibility index (Phi) is 5.78. The van der Waals surface area contributed by atoms with Crippen LogP contribution < -0.4 is 11.1 Å². The Bertz CT molecular complexity index is 1100. The number of quaternary nitrogens is 1. The second-order valence-electron chi connectivity index (χ2n) is 8.72. The lowest BCUT2D eigenvalue weighted by Crippen LogP contribution is -2.74. The van der Waals surface area contributed by atoms with E-state index in [1.165, 1.54) is 23.8 Å². The van der Waals surface area contributed by atoms with Crippen LogP contribution in [-0.4, -0.2) is 111 Å². The predicted octanol–water partition coefficient (Wildman–Crippen LogP) is -0.694. The largest absolute Gasteiger partial charge is 0.476 e. The van der Waals surface area contributed by atoms with Gasteiger partial charge in [0.1, 0.15) is 24.2 Å². The second-order valence-corrected chi connectivity index (χ2v) is 11.1. The third-order valence-electron chi connectivity index (χ3n) is 6.95. The van der Waals surface area contributed by atoms with Gasteiger partial charge in [-0.05, 0) is 6.92 Å². The normalized spacial score (nSPS) is 32.8. The van der Waals surface area contributed by atoms with Crippen molar-refractivity contribution in [2.45, 2.75) is 23.6 Å². The van der Waals surface area contributed by atoms with Crippen LogP contribution in [0, 0.1) is 0 Å². The number of β-lactam (4-membered cyclic amide) rings is 1. The molecular formula is C20H26N7O5S2+. The summed E-state index contributed by atoms with van der Waals surface area (Å²) in [6, 6.07) is -0.882. The highest BCUT2D eigenvalue weighted by Gasteiger charge is 2.60. The maximum absolute atomic E-state index is 13.2. The maximum atomic E-state index is 13.2. The molecule has 4 saturated heterocycles. The number of thioether (sulfide) groups is 1. The number of nitrogens with one attached hydrogen (secondary N) is 1. The molecule has 14 heteroatoms. The standard InChI is InChI=1S/C20H25N7O5S2/c1-10-15(27-6-3-25(4-7-27)5-8-27)14(19(30)31)26-17(29)13(18(26)34-10)23-16(28)12(24-32-2)11-9-33-20(21)22-11/h9-10,13,18H,3-8H2,1-2H3,(H3-,21,22,23,28,30,31)/p+1/b24-12-/t10?,13?,18-/m1/s1. The summed E-state index contributed by atoms with van der Waals surface area (Å²) >= 11 is 2.66. The molecule has 0 aliphatic carbocycles. The van der Waals surface area contributed by atoms with Crippen LogP contribution in [0.4, 0.5) is 5.13 Å². The summed E-state index contributed by atoms with van der Waals surface area (Å²) in [6.07, 6.45) is 0. The molecule has 34 heavy (non-hydrogen) atoms. The Labute approximate surface area is 204 Å². The predicted molar refractivity (Wildman–Crippen MR) is 126 cm³/mol. The van der Waals surface area contributed by atoms with E-state index in [0.29, 0.717) is 4.48 Å². The molecule has 2 unspecified atom stereocenters. The van der Waals surface area contributed by atoms with Crippen molar-refractivity contribution in [1.29, 1.82) is 0 Å². The zero-order valence-electron chi connectivity index (χ0n) is 18.8. The van der Waals surface area contributed by atoms with E-state index in [1.807, 2.05) is 6.92 Å². The monoisotopic (exact) mass is 508 g/mol. The number of carbonyl (C=O) groups excluding carboxylic acids is 2. The van der Waals surface area contributed by atoms with Crippen molar-refractivity contribution in [2.24, 2.45) is 5.16 Å². The Morgan fingerprint density at radius 3 is 2.56 bits per heavy atom. The molecule has 4 fully saturated rings. The number of nitrogens with zero attached hydrogens (tertiary/aromatic N) is 5. The molecule has 0 saturated carbocycles. The number of anilines is 1. The molecule has 5 aliphatic heterocycles. The average Bonchev–Trinajstić information content (AvgIpc) is 3.26. The van der Waals surface area contributed by atoms with Gasteiger partial charge in [0.05, 0.1) is 24.9 Å². The first-order valence-corrected chi connectivity index (χ1v) is 12.8. The highest BCUT2D eigenvalue weighted by molar-refractivity contribution is 8.00. The third kappa shape index (κ3) is 3.56. The Balaban J connectivity index is 1.42. The summed E-state index contributed by atoms with van der Waals surface area (Å²) < 4.78 is 0.621. The smallest absolute Gasteiger partial charge is 0.358 e. The first-order chi connectivity index (χ1) is 16.3. The van der Waals surface area contributed by atoms with Crippen molar-refractivity contribution in [3.8, 4) is 0 Å². The molecule has 5 aliphatic rings. The van der Waals surface area contributed by atoms with Crippen LogP contribution in [0.2, 0.25) is 0 Å². The van der Waals surface area contributed by atoms with Crippen LogP contribution in [0.15, 0.2) is 21.9 Å². The number of hydrogen-bond acceptors (Lipinski definition) is 10. The van der Waals surface area contributed by atoms with E-state index >= 15 is 0 Å². The van der Waals surface area contributed by atoms with Crippen molar-refractivity contribution in [3.63, 3.8) is 0 Å². The van der Waals surface area contributed by atoms with E-state index in [1.54, 1.807) is 5.38 Å². The van der Waals surface area contributed by atoms with Crippen molar-refractivity contribution < 1.29 is 28.8 Å². The zero-order chi connectivity index (χ0) is 24.2. The molecule has 12 nitrogen and oxygen atoms in total. The number of nitrogens with two attached hydrogens (primary N) is 1. The van der Waals surface area contributed by atoms with E-state index < -0.39 is 29.2 Å². The van der Waals surface area contributed by atoms with Gasteiger partial charge in [-0.2, -0.15) is 0 Å². The lowest BCUT2D eigenvalue weighted by atomic mass is 9.99. The van der Waals surface area contributed by atoms with Crippen molar-refractivity contribution in [2.75, 3.05) is 52.1 Å². The van der Waals surface area contributed by atoms with E-state index in [2.05, 4.69) is 20.4 Å². The van der Waals surface area contributed by atoms with Gasteiger partial charge in [0, 0.05) is 25.0 Å². The van der Waals surface area contributed by atoms with E-state index in [0.717, 1.165) is 56.3 Å². The number of aliphatic carboxylic acids is 1. The quantitative estimate of drug-likeness (QED) is 0.196. The van der Waals surface area contributed by atoms with E-state index in [-0.39, 0.29) is 27.5 Å². The van der Waals surface area contributed by atoms with Gasteiger partial charge >= 0.3 is 5.97 Å². The van der Waals surface area contributed by atoms with Gasteiger partial charge in [0.2, 0.25) is 0 Å². The summed E-state index contributed by atoms with van der Waals surface area (Å²) in [4.78, 5) is 51.2. The molecule has 3 atom stereocenters. The molecule has 0 aromatic carbocycles. The molecule has 0 spiro atoms. The van der Waals surface area contributed by atoms with E-state index in [9.17, 15) is 19.5 Å². The number of carboxylic acids is 1. The maximum Gasteiger partial charge on any atom is 0.358 e. The molecule has 0 radical (unpaired) electrons. The zero-order valence-corrected chi connectivity index (χ0v) is 20.4. The number of aromatic nitrogens is 1. The van der Waals surface area contributed by atoms with Gasteiger partial charge in [0.15, 0.2) is 22.2 Å². The van der Waals surface area contributed by atoms with Crippen LogP contribution in [0.3, 0.4) is 0 Å². The van der Waals surface area contributed by atoms with Crippen LogP contribution in [0.1, 0.15) is 12.6 Å². The van der Waals surface area contributed by atoms with Crippen LogP contribution in [0.25, 0.3) is 0 Å². The molecule has 6 heterocycles. The molecule has 6 rings (SSSR count). The average molecular weight is 509 g/mol. The molecule has 2 bridgehead atoms. The minimum atomic E-state index is -1.11. The number of amides is 2. The fourth-order valence-electron chi connectivity index (χ4n) is 5.32. The SMILES string of the molecule is CO/N=C(\C(=O)NC1C(=O)N2C(C(=O)O)=C([N+]34CCN(CC3)CC4)C(C)S[C@H]12)c1csc(N)n1. The van der Waals surface area contributed by atoms with Crippen LogP contribution in [-0.2, 0) is 19.2 Å². The number of piperazine rings is 3. The fraction of sp³-hybridized carbons (Fsp3) is 0.550. The van der Waals surface area contributed by atoms with Crippen LogP contribution >= 0.6 is 23.1 Å². The summed E-state index contributed by atoms with van der Waals surface area (Å²) in [5, 5.41) is 17.8. The number of thiazole rings is 1. The van der Waals surface area contributed by atoms with E-state index in [4.69, 9.17) is 10.6 Å². The summed E-state index contributed by atoms with van der Waals surface area (Å²) in [6.45, 7) is 7.30. The Morgan fingerprint density at radius 2 is 2.00 bits per heavy atom. The lowest BCUT2D eigenvalue weighted by molar-refractivity contribution is -0.907. The van der Waals surface area contributed by atoms with Gasteiger partial charge in [-0.3, -0.25) is 23.9 Å². The van der Waals surface area contributed by atoms with Crippen LogP contribution in [0.5, 0.6) is 0 Å². The number of carbonyl (C=O) groups is 3. The Morgan fingerprint density at radius 1 is 1.32 bits per heavy atom. The van der Waals surface area contributed by atoms with Gasteiger partial charge < -0.3 is 21.0 Å². The minimum Gasteiger partial charge on any atom is -0.476 e. The molecule has 1 aromatic rings. The summed E-state index contributed by atoms with van der Waals surface area (Å²) in [5.41, 5.74) is 6.69. The highest BCUT2D eigenvalue weighted by atomic mass is 32.2. The van der Waals surface area contributed by atoms with Crippen molar-refractivity contribution >= 4 is 51.7 Å². The number of oxime groups is 1. The third-order valence-corrected chi connectivity index (χ3v) is 9.02. The van der Waals surface area contributed by atoms with Gasteiger partial charge in [-0.15, -0.1) is 23.1 Å². The minimum absolute atomic E-state index is 0.0696. The number of carboxylic acid groups (broad SMARTS) is 1. The van der Waals surface area contributed by atoms with Gasteiger partial charge in [0.25, 0.3) is 11.8 Å². The molecule has 2 amide bonds. The molecule has 1 aromatic heterocycles. The molecule has 182 valence electrons. The van der Waals surface area contributed by atoms with Crippen molar-refractivity contribution in [1.82, 2.24) is 20.1 Å². The number of rotatable bonds is 6. The van der Waals surface area contributed by atoms with Crippen molar-refractivity contribution in [3.05, 3.63) is 22.5 Å². The molecular weight excluding hydrogens is 482 g/mol. The lowest BCUT2D eigenvalue weighted by Gasteiger charge is -2.57. The van der Waals surface area contributed by atoms with Gasteiger partial charge in [-0.25, -0.2) is 9.78 Å². The first-order valence-electron chi connectivity index (χ1n) is 10.9. The second kappa shape index (κ2) is 8.52. The first kappa shape index (κ1) is 23.1.